The molecule has 6 heteroatoms. The number of nitrogens with one attached hydrogen (secondary N) is 1. The van der Waals surface area contributed by atoms with Gasteiger partial charge in [-0.15, -0.1) is 0 Å². The summed E-state index contributed by atoms with van der Waals surface area (Å²) < 4.78 is 0.816. The Hall–Kier alpha value is -1.01. The molecule has 20 heavy (non-hydrogen) atoms. The smallest absolute Gasteiger partial charge is 0.257 e. The van der Waals surface area contributed by atoms with Crippen LogP contribution >= 0.6 is 39.3 Å². The predicted octanol–water partition coefficient (Wildman–Crippen LogP) is 4.24. The summed E-state index contributed by atoms with van der Waals surface area (Å²) in [6.07, 6.45) is -1.10. The topological polar surface area (TPSA) is 49.3 Å². The molecule has 0 saturated carbocycles. The lowest BCUT2D eigenvalue weighted by Gasteiger charge is -2.09. The third-order valence-electron chi connectivity index (χ3n) is 2.96. The summed E-state index contributed by atoms with van der Waals surface area (Å²) >= 11 is 11.1. The first-order valence-corrected chi connectivity index (χ1v) is 7.80. The normalized spacial score (nSPS) is 16.9. The summed E-state index contributed by atoms with van der Waals surface area (Å²) in [5.41, 5.74) is 1.23. The van der Waals surface area contributed by atoms with Crippen LogP contribution in [0.25, 0.3) is 0 Å². The number of amides is 1. The average Bonchev–Trinajstić information content (AvgIpc) is 2.69. The maximum Gasteiger partial charge on any atom is 0.257 e. The molecular weight excluding hydrogens is 362 g/mol. The van der Waals surface area contributed by atoms with E-state index >= 15 is 0 Å². The van der Waals surface area contributed by atoms with Crippen molar-refractivity contribution in [1.82, 2.24) is 0 Å². The minimum Gasteiger partial charge on any atom is -0.378 e. The molecular formula is C14H9BrClNO2S. The number of hydrogen-bond acceptors (Lipinski definition) is 3. The SMILES string of the molecule is O=C1Nc2cc(Sc3ccccc3Cl)c(Br)cc2C1O. The minimum absolute atomic E-state index is 0.396. The Morgan fingerprint density at radius 2 is 2.00 bits per heavy atom. The Morgan fingerprint density at radius 1 is 1.25 bits per heavy atom. The summed E-state index contributed by atoms with van der Waals surface area (Å²) in [5.74, 6) is -0.396. The fourth-order valence-electron chi connectivity index (χ4n) is 1.97. The van der Waals surface area contributed by atoms with Crippen molar-refractivity contribution in [3.05, 3.63) is 51.5 Å². The van der Waals surface area contributed by atoms with Crippen molar-refractivity contribution in [2.75, 3.05) is 5.32 Å². The maximum atomic E-state index is 11.5. The van der Waals surface area contributed by atoms with E-state index in [1.807, 2.05) is 30.3 Å². The van der Waals surface area contributed by atoms with Crippen LogP contribution in [0.3, 0.4) is 0 Å². The monoisotopic (exact) mass is 369 g/mol. The average molecular weight is 371 g/mol. The van der Waals surface area contributed by atoms with Crippen molar-refractivity contribution in [1.29, 1.82) is 0 Å². The summed E-state index contributed by atoms with van der Waals surface area (Å²) in [4.78, 5) is 13.3. The fraction of sp³-hybridized carbons (Fsp3) is 0.0714. The van der Waals surface area contributed by atoms with Gasteiger partial charge in [-0.05, 0) is 40.2 Å². The molecule has 0 saturated heterocycles. The third-order valence-corrected chi connectivity index (χ3v) is 5.46. The van der Waals surface area contributed by atoms with Crippen LogP contribution in [0.2, 0.25) is 5.02 Å². The van der Waals surface area contributed by atoms with Gasteiger partial charge in [-0.25, -0.2) is 0 Å². The number of aliphatic hydroxyl groups excluding tert-OH is 1. The molecule has 1 unspecified atom stereocenters. The number of anilines is 1. The molecule has 0 aliphatic carbocycles. The fourth-order valence-corrected chi connectivity index (χ4v) is 3.71. The molecule has 0 spiro atoms. The van der Waals surface area contributed by atoms with Crippen LogP contribution < -0.4 is 5.32 Å². The number of benzene rings is 2. The molecule has 0 aromatic heterocycles. The van der Waals surface area contributed by atoms with Gasteiger partial charge in [0.25, 0.3) is 5.91 Å². The second kappa shape index (κ2) is 5.41. The highest BCUT2D eigenvalue weighted by molar-refractivity contribution is 9.10. The Bertz CT molecular complexity index is 708. The van der Waals surface area contributed by atoms with Gasteiger partial charge < -0.3 is 10.4 Å². The van der Waals surface area contributed by atoms with Crippen LogP contribution in [0.15, 0.2) is 50.7 Å². The number of carbonyl (C=O) groups excluding carboxylic acids is 1. The highest BCUT2D eigenvalue weighted by Crippen LogP contribution is 2.42. The molecule has 0 bridgehead atoms. The molecule has 102 valence electrons. The van der Waals surface area contributed by atoms with Crippen LogP contribution in [-0.4, -0.2) is 11.0 Å². The molecule has 2 N–H and O–H groups in total. The quantitative estimate of drug-likeness (QED) is 0.831. The second-order valence-corrected chi connectivity index (χ2v) is 6.64. The molecule has 1 aliphatic rings. The zero-order valence-corrected chi connectivity index (χ0v) is 13.2. The summed E-state index contributed by atoms with van der Waals surface area (Å²) in [7, 11) is 0. The standard InChI is InChI=1S/C14H9BrClNO2S/c15-8-5-7-10(17-14(19)13(7)18)6-12(8)20-11-4-2-1-3-9(11)16/h1-6,13,18H,(H,17,19). The van der Waals surface area contributed by atoms with Gasteiger partial charge in [0.05, 0.1) is 5.02 Å². The van der Waals surface area contributed by atoms with Gasteiger partial charge >= 0.3 is 0 Å². The number of carbonyl (C=O) groups is 1. The molecule has 1 heterocycles. The first kappa shape index (κ1) is 13.9. The van der Waals surface area contributed by atoms with Gasteiger partial charge in [-0.3, -0.25) is 4.79 Å². The van der Waals surface area contributed by atoms with Crippen molar-refractivity contribution in [3.63, 3.8) is 0 Å². The van der Waals surface area contributed by atoms with Crippen molar-refractivity contribution >= 4 is 50.9 Å². The molecule has 1 aliphatic heterocycles. The molecule has 3 nitrogen and oxygen atoms in total. The highest BCUT2D eigenvalue weighted by Gasteiger charge is 2.29. The molecule has 2 aromatic carbocycles. The summed E-state index contributed by atoms with van der Waals surface area (Å²) in [6, 6.07) is 11.1. The predicted molar refractivity (Wildman–Crippen MR) is 83.3 cm³/mol. The van der Waals surface area contributed by atoms with Gasteiger partial charge in [0.1, 0.15) is 0 Å². The number of halogens is 2. The lowest BCUT2D eigenvalue weighted by molar-refractivity contribution is -0.123. The first-order chi connectivity index (χ1) is 9.56. The molecule has 1 atom stereocenters. The molecule has 3 rings (SSSR count). The lowest BCUT2D eigenvalue weighted by atomic mass is 10.1. The number of rotatable bonds is 2. The van der Waals surface area contributed by atoms with Crippen molar-refractivity contribution in [2.45, 2.75) is 15.9 Å². The Labute approximate surface area is 133 Å². The van der Waals surface area contributed by atoms with Crippen LogP contribution in [0.1, 0.15) is 11.7 Å². The Morgan fingerprint density at radius 3 is 2.75 bits per heavy atom. The van der Waals surface area contributed by atoms with E-state index in [4.69, 9.17) is 11.6 Å². The van der Waals surface area contributed by atoms with E-state index in [0.717, 1.165) is 14.3 Å². The molecule has 0 fully saturated rings. The molecule has 1 amide bonds. The highest BCUT2D eigenvalue weighted by atomic mass is 79.9. The minimum atomic E-state index is -1.10. The summed E-state index contributed by atoms with van der Waals surface area (Å²) in [5, 5.41) is 13.1. The van der Waals surface area contributed by atoms with Crippen molar-refractivity contribution in [2.24, 2.45) is 0 Å². The lowest BCUT2D eigenvalue weighted by Crippen LogP contribution is -2.10. The van der Waals surface area contributed by atoms with Gasteiger partial charge in [0.2, 0.25) is 0 Å². The van der Waals surface area contributed by atoms with E-state index in [-0.39, 0.29) is 0 Å². The number of fused-ring (bicyclic) bond motifs is 1. The van der Waals surface area contributed by atoms with Crippen LogP contribution in [0.5, 0.6) is 0 Å². The Balaban J connectivity index is 1.99. The zero-order chi connectivity index (χ0) is 14.3. The Kier molecular flexibility index (Phi) is 3.77. The number of aliphatic hydroxyl groups is 1. The van der Waals surface area contributed by atoms with Gasteiger partial charge in [0.15, 0.2) is 6.10 Å². The summed E-state index contributed by atoms with van der Waals surface area (Å²) in [6.45, 7) is 0. The van der Waals surface area contributed by atoms with Gasteiger partial charge in [0, 0.05) is 25.5 Å². The van der Waals surface area contributed by atoms with Crippen molar-refractivity contribution < 1.29 is 9.90 Å². The van der Waals surface area contributed by atoms with E-state index in [0.29, 0.717) is 16.3 Å². The van der Waals surface area contributed by atoms with Crippen LogP contribution in [-0.2, 0) is 4.79 Å². The third kappa shape index (κ3) is 2.46. The van der Waals surface area contributed by atoms with Crippen LogP contribution in [0, 0.1) is 0 Å². The van der Waals surface area contributed by atoms with E-state index in [9.17, 15) is 9.90 Å². The largest absolute Gasteiger partial charge is 0.378 e. The van der Waals surface area contributed by atoms with E-state index in [1.54, 1.807) is 6.07 Å². The van der Waals surface area contributed by atoms with Crippen molar-refractivity contribution in [3.8, 4) is 0 Å². The second-order valence-electron chi connectivity index (χ2n) is 4.29. The zero-order valence-electron chi connectivity index (χ0n) is 10.1. The maximum absolute atomic E-state index is 11.5. The first-order valence-electron chi connectivity index (χ1n) is 5.81. The number of hydrogen-bond donors (Lipinski definition) is 2. The molecule has 2 aromatic rings. The van der Waals surface area contributed by atoms with E-state index < -0.39 is 12.0 Å². The van der Waals surface area contributed by atoms with E-state index in [2.05, 4.69) is 21.2 Å². The van der Waals surface area contributed by atoms with Gasteiger partial charge in [-0.2, -0.15) is 0 Å². The van der Waals surface area contributed by atoms with Gasteiger partial charge in [-0.1, -0.05) is 35.5 Å². The van der Waals surface area contributed by atoms with E-state index in [1.165, 1.54) is 11.8 Å². The van der Waals surface area contributed by atoms with Crippen LogP contribution in [0.4, 0.5) is 5.69 Å². The molecule has 0 radical (unpaired) electrons.